The van der Waals surface area contributed by atoms with Crippen LogP contribution in [0.4, 0.5) is 0 Å². The molecule has 5 heteroatoms. The minimum Gasteiger partial charge on any atom is -0.448 e. The number of amides is 1. The molecule has 0 spiro atoms. The van der Waals surface area contributed by atoms with Crippen molar-refractivity contribution in [1.29, 1.82) is 0 Å². The summed E-state index contributed by atoms with van der Waals surface area (Å²) in [6.45, 7) is 3.33. The van der Waals surface area contributed by atoms with Crippen LogP contribution in [-0.4, -0.2) is 22.3 Å². The van der Waals surface area contributed by atoms with Crippen LogP contribution in [-0.2, 0) is 6.54 Å². The molecule has 1 amide bonds. The van der Waals surface area contributed by atoms with Crippen LogP contribution in [0.1, 0.15) is 29.5 Å². The van der Waals surface area contributed by atoms with Crippen LogP contribution in [0.5, 0.6) is 0 Å². The Morgan fingerprint density at radius 2 is 1.81 bits per heavy atom. The highest BCUT2D eigenvalue weighted by Crippen LogP contribution is 2.31. The molecule has 0 saturated carbocycles. The summed E-state index contributed by atoms with van der Waals surface area (Å²) >= 11 is 1.57. The fourth-order valence-electron chi connectivity index (χ4n) is 3.03. The molecule has 0 N–H and O–H groups in total. The Morgan fingerprint density at radius 3 is 2.59 bits per heavy atom. The number of benzene rings is 2. The van der Waals surface area contributed by atoms with E-state index in [1.807, 2.05) is 65.6 Å². The van der Waals surface area contributed by atoms with Crippen molar-refractivity contribution < 1.29 is 9.21 Å². The van der Waals surface area contributed by atoms with Crippen molar-refractivity contribution in [1.82, 2.24) is 9.88 Å². The smallest absolute Gasteiger partial charge is 0.289 e. The zero-order chi connectivity index (χ0) is 18.6. The van der Waals surface area contributed by atoms with E-state index in [1.54, 1.807) is 17.4 Å². The quantitative estimate of drug-likeness (QED) is 0.439. The number of nitrogens with zero attached hydrogens (tertiary/aromatic N) is 2. The number of carbonyl (C=O) groups is 1. The first-order chi connectivity index (χ1) is 13.2. The summed E-state index contributed by atoms with van der Waals surface area (Å²) in [5.74, 6) is 0.900. The minimum absolute atomic E-state index is 0.0898. The SMILES string of the molecule is CCCN(Cc1ccccc1)C(=O)c1ccc(-c2nc3ccccc3s2)o1. The van der Waals surface area contributed by atoms with Crippen LogP contribution in [0.2, 0.25) is 0 Å². The average Bonchev–Trinajstić information content (AvgIpc) is 3.35. The van der Waals surface area contributed by atoms with Crippen LogP contribution < -0.4 is 0 Å². The molecule has 0 bridgehead atoms. The van der Waals surface area contributed by atoms with E-state index in [-0.39, 0.29) is 5.91 Å². The molecule has 0 unspecified atom stereocenters. The standard InChI is InChI=1S/C22H20N2O2S/c1-2-14-24(15-16-8-4-3-5-9-16)22(25)19-13-12-18(26-19)21-23-17-10-6-7-11-20(17)27-21/h3-13H,2,14-15H2,1H3. The molecule has 0 aliphatic heterocycles. The maximum absolute atomic E-state index is 13.0. The van der Waals surface area contributed by atoms with Gasteiger partial charge < -0.3 is 9.32 Å². The Morgan fingerprint density at radius 1 is 1.04 bits per heavy atom. The number of furan rings is 1. The van der Waals surface area contributed by atoms with Gasteiger partial charge in [-0.05, 0) is 36.2 Å². The molecule has 4 rings (SSSR count). The van der Waals surface area contributed by atoms with Gasteiger partial charge in [0.15, 0.2) is 16.5 Å². The normalized spacial score (nSPS) is 11.0. The average molecular weight is 376 g/mol. The number of aromatic nitrogens is 1. The molecule has 0 atom stereocenters. The maximum Gasteiger partial charge on any atom is 0.289 e. The van der Waals surface area contributed by atoms with Gasteiger partial charge in [-0.1, -0.05) is 49.4 Å². The van der Waals surface area contributed by atoms with Crippen molar-refractivity contribution >= 4 is 27.5 Å². The predicted molar refractivity (Wildman–Crippen MR) is 109 cm³/mol. The van der Waals surface area contributed by atoms with Gasteiger partial charge in [0, 0.05) is 13.1 Å². The second kappa shape index (κ2) is 7.76. The molecule has 27 heavy (non-hydrogen) atoms. The van der Waals surface area contributed by atoms with E-state index < -0.39 is 0 Å². The van der Waals surface area contributed by atoms with Gasteiger partial charge in [0.1, 0.15) is 0 Å². The third-order valence-corrected chi connectivity index (χ3v) is 5.37. The number of para-hydroxylation sites is 1. The highest BCUT2D eigenvalue weighted by atomic mass is 32.1. The van der Waals surface area contributed by atoms with Crippen molar-refractivity contribution in [2.45, 2.75) is 19.9 Å². The maximum atomic E-state index is 13.0. The molecule has 4 aromatic rings. The topological polar surface area (TPSA) is 46.3 Å². The second-order valence-corrected chi connectivity index (χ2v) is 7.39. The van der Waals surface area contributed by atoms with Gasteiger partial charge in [-0.15, -0.1) is 11.3 Å². The lowest BCUT2D eigenvalue weighted by Crippen LogP contribution is -2.31. The summed E-state index contributed by atoms with van der Waals surface area (Å²) < 4.78 is 6.99. The number of carbonyl (C=O) groups excluding carboxylic acids is 1. The van der Waals surface area contributed by atoms with Crippen molar-refractivity contribution in [3.8, 4) is 10.8 Å². The molecule has 2 heterocycles. The lowest BCUT2D eigenvalue weighted by atomic mass is 10.2. The van der Waals surface area contributed by atoms with E-state index in [0.29, 0.717) is 24.6 Å². The highest BCUT2D eigenvalue weighted by molar-refractivity contribution is 7.21. The Hall–Kier alpha value is -2.92. The van der Waals surface area contributed by atoms with E-state index >= 15 is 0 Å². The summed E-state index contributed by atoms with van der Waals surface area (Å²) in [7, 11) is 0. The molecular weight excluding hydrogens is 356 g/mol. The highest BCUT2D eigenvalue weighted by Gasteiger charge is 2.20. The van der Waals surface area contributed by atoms with Crippen molar-refractivity contribution in [3.05, 3.63) is 78.1 Å². The molecule has 0 fully saturated rings. The second-order valence-electron chi connectivity index (χ2n) is 6.36. The molecule has 0 saturated heterocycles. The van der Waals surface area contributed by atoms with Crippen LogP contribution >= 0.6 is 11.3 Å². The third kappa shape index (κ3) is 3.78. The van der Waals surface area contributed by atoms with Gasteiger partial charge >= 0.3 is 0 Å². The molecule has 2 aromatic carbocycles. The number of hydrogen-bond donors (Lipinski definition) is 0. The number of hydrogen-bond acceptors (Lipinski definition) is 4. The molecule has 0 radical (unpaired) electrons. The zero-order valence-corrected chi connectivity index (χ0v) is 15.9. The van der Waals surface area contributed by atoms with Crippen LogP contribution in [0.15, 0.2) is 71.1 Å². The first-order valence-electron chi connectivity index (χ1n) is 9.03. The first kappa shape index (κ1) is 17.5. The minimum atomic E-state index is -0.0898. The molecule has 0 aliphatic carbocycles. The zero-order valence-electron chi connectivity index (χ0n) is 15.1. The van der Waals surface area contributed by atoms with Crippen molar-refractivity contribution in [2.24, 2.45) is 0 Å². The Labute approximate surface area is 162 Å². The Kier molecular flexibility index (Phi) is 5.03. The van der Waals surface area contributed by atoms with Crippen molar-refractivity contribution in [3.63, 3.8) is 0 Å². The third-order valence-electron chi connectivity index (χ3n) is 4.32. The number of thiazole rings is 1. The number of rotatable bonds is 6. The number of fused-ring (bicyclic) bond motifs is 1. The van der Waals surface area contributed by atoms with Gasteiger partial charge in [0.2, 0.25) is 0 Å². The molecule has 136 valence electrons. The van der Waals surface area contributed by atoms with Crippen LogP contribution in [0.3, 0.4) is 0 Å². The van der Waals surface area contributed by atoms with E-state index in [0.717, 1.165) is 27.2 Å². The Bertz CT molecular complexity index is 1020. The summed E-state index contributed by atoms with van der Waals surface area (Å²) in [6, 6.07) is 21.6. The Balaban J connectivity index is 1.57. The van der Waals surface area contributed by atoms with E-state index in [9.17, 15) is 4.79 Å². The van der Waals surface area contributed by atoms with Gasteiger partial charge in [-0.2, -0.15) is 0 Å². The fraction of sp³-hybridized carbons (Fsp3) is 0.182. The molecule has 2 aromatic heterocycles. The summed E-state index contributed by atoms with van der Waals surface area (Å²) in [5.41, 5.74) is 2.05. The van der Waals surface area contributed by atoms with E-state index in [4.69, 9.17) is 4.42 Å². The predicted octanol–water partition coefficient (Wildman–Crippen LogP) is 5.61. The van der Waals surface area contributed by atoms with Gasteiger partial charge in [-0.3, -0.25) is 4.79 Å². The summed E-state index contributed by atoms with van der Waals surface area (Å²) in [6.07, 6.45) is 0.893. The monoisotopic (exact) mass is 376 g/mol. The van der Waals surface area contributed by atoms with E-state index in [2.05, 4.69) is 11.9 Å². The van der Waals surface area contributed by atoms with Crippen molar-refractivity contribution in [2.75, 3.05) is 6.54 Å². The lowest BCUT2D eigenvalue weighted by Gasteiger charge is -2.21. The molecule has 0 aliphatic rings. The van der Waals surface area contributed by atoms with Gasteiger partial charge in [-0.25, -0.2) is 4.98 Å². The summed E-state index contributed by atoms with van der Waals surface area (Å²) in [4.78, 5) is 19.4. The summed E-state index contributed by atoms with van der Waals surface area (Å²) in [5, 5.41) is 0.792. The fourth-order valence-corrected chi connectivity index (χ4v) is 3.95. The van der Waals surface area contributed by atoms with Crippen LogP contribution in [0, 0.1) is 0 Å². The lowest BCUT2D eigenvalue weighted by molar-refractivity contribution is 0.0712. The van der Waals surface area contributed by atoms with Crippen LogP contribution in [0.25, 0.3) is 21.0 Å². The molecule has 4 nitrogen and oxygen atoms in total. The van der Waals surface area contributed by atoms with Gasteiger partial charge in [0.05, 0.1) is 10.2 Å². The largest absolute Gasteiger partial charge is 0.448 e. The van der Waals surface area contributed by atoms with E-state index in [1.165, 1.54) is 0 Å². The van der Waals surface area contributed by atoms with Gasteiger partial charge in [0.25, 0.3) is 5.91 Å². The molecular formula is C22H20N2O2S. The first-order valence-corrected chi connectivity index (χ1v) is 9.85.